The zero-order chi connectivity index (χ0) is 22.3. The van der Waals surface area contributed by atoms with Gasteiger partial charge in [0.2, 0.25) is 15.9 Å². The van der Waals surface area contributed by atoms with Crippen molar-refractivity contribution in [3.8, 4) is 0 Å². The van der Waals surface area contributed by atoms with Crippen LogP contribution in [-0.4, -0.2) is 36.7 Å². The second-order valence-corrected chi connectivity index (χ2v) is 9.93. The number of nitrogens with one attached hydrogen (secondary N) is 1. The molecule has 2 aromatic carbocycles. The van der Waals surface area contributed by atoms with Gasteiger partial charge in [-0.1, -0.05) is 11.3 Å². The van der Waals surface area contributed by atoms with Gasteiger partial charge in [-0.2, -0.15) is 4.31 Å². The van der Waals surface area contributed by atoms with E-state index >= 15 is 0 Å². The maximum Gasteiger partial charge on any atom is 0.245 e. The number of fused-ring (bicyclic) bond motifs is 1. The van der Waals surface area contributed by atoms with Crippen LogP contribution in [0.15, 0.2) is 35.2 Å². The zero-order valence-electron chi connectivity index (χ0n) is 15.7. The van der Waals surface area contributed by atoms with Crippen LogP contribution in [0.3, 0.4) is 0 Å². The first kappa shape index (κ1) is 21.7. The predicted octanol–water partition coefficient (Wildman–Crippen LogP) is 3.89. The van der Waals surface area contributed by atoms with E-state index in [1.165, 1.54) is 0 Å². The molecule has 3 aromatic rings. The molecule has 0 radical (unpaired) electrons. The summed E-state index contributed by atoms with van der Waals surface area (Å²) in [7, 11) is -4.17. The van der Waals surface area contributed by atoms with Gasteiger partial charge in [0.25, 0.3) is 0 Å². The summed E-state index contributed by atoms with van der Waals surface area (Å²) in [4.78, 5) is 15.9. The second kappa shape index (κ2) is 8.17. The average molecular weight is 473 g/mol. The monoisotopic (exact) mass is 473 g/mol. The largest absolute Gasteiger partial charge is 0.302 e. The van der Waals surface area contributed by atoms with Crippen molar-refractivity contribution in [2.75, 3.05) is 18.4 Å². The highest BCUT2D eigenvalue weighted by molar-refractivity contribution is 7.89. The highest BCUT2D eigenvalue weighted by atomic mass is 32.2. The molecule has 31 heavy (non-hydrogen) atoms. The Bertz CT molecular complexity index is 1270. The topological polar surface area (TPSA) is 79.4 Å². The minimum atomic E-state index is -4.17. The number of amides is 1. The fraction of sp³-hybridized carbons (Fsp3) is 0.263. The third-order valence-corrected chi connectivity index (χ3v) is 7.83. The van der Waals surface area contributed by atoms with E-state index in [1.807, 2.05) is 0 Å². The maximum atomic E-state index is 13.9. The Morgan fingerprint density at radius 3 is 2.39 bits per heavy atom. The SMILES string of the molecule is O=C(Nc1nc2c(F)cc(F)cc2s1)C1CCN(S(=O)(=O)c2ccc(F)cc2F)CC1. The van der Waals surface area contributed by atoms with E-state index in [1.54, 1.807) is 0 Å². The molecule has 0 atom stereocenters. The fourth-order valence-corrected chi connectivity index (χ4v) is 5.82. The molecule has 4 rings (SSSR count). The first-order chi connectivity index (χ1) is 14.6. The van der Waals surface area contributed by atoms with E-state index in [-0.39, 0.29) is 41.3 Å². The number of thiazole rings is 1. The molecule has 1 aliphatic rings. The Labute approximate surface area is 178 Å². The van der Waals surface area contributed by atoms with Crippen LogP contribution in [0.4, 0.5) is 22.7 Å². The lowest BCUT2D eigenvalue weighted by molar-refractivity contribution is -0.120. The Kier molecular flexibility index (Phi) is 5.71. The number of sulfonamides is 1. The number of carbonyl (C=O) groups is 1. The van der Waals surface area contributed by atoms with E-state index in [0.29, 0.717) is 12.1 Å². The molecule has 164 valence electrons. The van der Waals surface area contributed by atoms with Gasteiger partial charge >= 0.3 is 0 Å². The number of anilines is 1. The number of nitrogens with zero attached hydrogens (tertiary/aromatic N) is 2. The van der Waals surface area contributed by atoms with Crippen LogP contribution < -0.4 is 5.32 Å². The van der Waals surface area contributed by atoms with Gasteiger partial charge in [-0.25, -0.2) is 31.0 Å². The molecule has 0 bridgehead atoms. The molecule has 1 N–H and O–H groups in total. The normalized spacial score (nSPS) is 16.0. The number of aromatic nitrogens is 1. The lowest BCUT2D eigenvalue weighted by Crippen LogP contribution is -2.41. The third-order valence-electron chi connectivity index (χ3n) is 4.98. The smallest absolute Gasteiger partial charge is 0.245 e. The van der Waals surface area contributed by atoms with Crippen molar-refractivity contribution in [1.82, 2.24) is 9.29 Å². The van der Waals surface area contributed by atoms with E-state index in [9.17, 15) is 30.8 Å². The number of benzene rings is 2. The van der Waals surface area contributed by atoms with E-state index < -0.39 is 50.0 Å². The summed E-state index contributed by atoms with van der Waals surface area (Å²) in [5.41, 5.74) is -0.0519. The van der Waals surface area contributed by atoms with Crippen molar-refractivity contribution < 1.29 is 30.8 Å². The van der Waals surface area contributed by atoms with Crippen molar-refractivity contribution >= 4 is 42.6 Å². The van der Waals surface area contributed by atoms with Gasteiger partial charge in [-0.15, -0.1) is 0 Å². The highest BCUT2D eigenvalue weighted by Gasteiger charge is 2.34. The summed E-state index contributed by atoms with van der Waals surface area (Å²) in [5.74, 6) is -4.62. The summed E-state index contributed by atoms with van der Waals surface area (Å²) in [5, 5.41) is 2.66. The molecule has 0 spiro atoms. The fourth-order valence-electron chi connectivity index (χ4n) is 3.40. The molecule has 12 heteroatoms. The second-order valence-electron chi connectivity index (χ2n) is 7.00. The maximum absolute atomic E-state index is 13.9. The van der Waals surface area contributed by atoms with Crippen LogP contribution in [-0.2, 0) is 14.8 Å². The molecule has 1 amide bonds. The summed E-state index contributed by atoms with van der Waals surface area (Å²) >= 11 is 0.921. The quantitative estimate of drug-likeness (QED) is 0.583. The van der Waals surface area contributed by atoms with Gasteiger partial charge < -0.3 is 5.32 Å². The Balaban J connectivity index is 1.42. The van der Waals surface area contributed by atoms with Gasteiger partial charge in [0, 0.05) is 31.1 Å². The standard InChI is InChI=1S/C19H15F4N3O3S2/c20-11-1-2-16(13(22)7-11)31(28,29)26-5-3-10(4-6-26)18(27)25-19-24-17-14(23)8-12(21)9-15(17)30-19/h1-2,7-10H,3-6H2,(H,24,25,27). The van der Waals surface area contributed by atoms with Gasteiger partial charge in [-0.05, 0) is 31.0 Å². The molecule has 0 aliphatic carbocycles. The number of hydrogen-bond donors (Lipinski definition) is 1. The number of carbonyl (C=O) groups excluding carboxylic acids is 1. The van der Waals surface area contributed by atoms with Crippen LogP contribution in [0.2, 0.25) is 0 Å². The highest BCUT2D eigenvalue weighted by Crippen LogP contribution is 2.30. The third kappa shape index (κ3) is 4.27. The first-order valence-corrected chi connectivity index (χ1v) is 11.4. The molecule has 6 nitrogen and oxygen atoms in total. The van der Waals surface area contributed by atoms with Crippen molar-refractivity contribution in [1.29, 1.82) is 0 Å². The molecule has 1 saturated heterocycles. The van der Waals surface area contributed by atoms with E-state index in [0.717, 1.165) is 33.8 Å². The predicted molar refractivity (Wildman–Crippen MR) is 106 cm³/mol. The van der Waals surface area contributed by atoms with Crippen LogP contribution in [0.5, 0.6) is 0 Å². The molecule has 1 aromatic heterocycles. The molecule has 1 aliphatic heterocycles. The summed E-state index contributed by atoms with van der Waals surface area (Å²) in [6, 6.07) is 4.05. The van der Waals surface area contributed by atoms with E-state index in [4.69, 9.17) is 0 Å². The zero-order valence-corrected chi connectivity index (χ0v) is 17.4. The molecule has 1 fully saturated rings. The Morgan fingerprint density at radius 1 is 1.03 bits per heavy atom. The van der Waals surface area contributed by atoms with Gasteiger partial charge in [0.05, 0.1) is 4.70 Å². The summed E-state index contributed by atoms with van der Waals surface area (Å²) < 4.78 is 80.6. The minimum absolute atomic E-state index is 0.0308. The van der Waals surface area contributed by atoms with Crippen LogP contribution in [0.1, 0.15) is 12.8 Å². The molecular weight excluding hydrogens is 458 g/mol. The number of hydrogen-bond acceptors (Lipinski definition) is 5. The lowest BCUT2D eigenvalue weighted by atomic mass is 9.97. The van der Waals surface area contributed by atoms with Crippen molar-refractivity contribution in [2.45, 2.75) is 17.7 Å². The van der Waals surface area contributed by atoms with Gasteiger partial charge in [0.1, 0.15) is 27.9 Å². The van der Waals surface area contributed by atoms with E-state index in [2.05, 4.69) is 10.3 Å². The van der Waals surface area contributed by atoms with Gasteiger partial charge in [0.15, 0.2) is 10.9 Å². The van der Waals surface area contributed by atoms with Crippen LogP contribution >= 0.6 is 11.3 Å². The van der Waals surface area contributed by atoms with Gasteiger partial charge in [-0.3, -0.25) is 4.79 Å². The molecular formula is C19H15F4N3O3S2. The average Bonchev–Trinajstić information content (AvgIpc) is 3.10. The van der Waals surface area contributed by atoms with Crippen molar-refractivity contribution in [3.63, 3.8) is 0 Å². The summed E-state index contributed by atoms with van der Waals surface area (Å²) in [6.45, 7) is -0.0617. The Hall–Kier alpha value is -2.57. The van der Waals surface area contributed by atoms with Crippen LogP contribution in [0, 0.1) is 29.2 Å². The molecule has 0 unspecified atom stereocenters. The molecule has 2 heterocycles. The summed E-state index contributed by atoms with van der Waals surface area (Å²) in [6.07, 6.45) is 0.337. The molecule has 0 saturated carbocycles. The number of piperidine rings is 1. The Morgan fingerprint density at radius 2 is 1.71 bits per heavy atom. The van der Waals surface area contributed by atoms with Crippen molar-refractivity contribution in [3.05, 3.63) is 53.6 Å². The number of rotatable bonds is 4. The van der Waals surface area contributed by atoms with Crippen LogP contribution in [0.25, 0.3) is 10.2 Å². The van der Waals surface area contributed by atoms with Crippen molar-refractivity contribution in [2.24, 2.45) is 5.92 Å². The lowest BCUT2D eigenvalue weighted by Gasteiger charge is -2.30. The minimum Gasteiger partial charge on any atom is -0.302 e. The first-order valence-electron chi connectivity index (χ1n) is 9.17. The number of halogens is 4.